The molecule has 0 aliphatic heterocycles. The van der Waals surface area contributed by atoms with E-state index in [9.17, 15) is 4.79 Å². The minimum absolute atomic E-state index is 0.174. The molecular weight excluding hydrogens is 184 g/mol. The monoisotopic (exact) mass is 204 g/mol. The van der Waals surface area contributed by atoms with E-state index >= 15 is 0 Å². The predicted molar refractivity (Wildman–Crippen MR) is 59.2 cm³/mol. The largest absolute Gasteiger partial charge is 0.356 e. The molecule has 0 radical (unpaired) electrons. The molecule has 0 aromatic carbocycles. The molecule has 0 spiro atoms. The van der Waals surface area contributed by atoms with Gasteiger partial charge in [-0.3, -0.25) is 4.79 Å². The molecule has 0 aliphatic carbocycles. The van der Waals surface area contributed by atoms with E-state index in [1.165, 1.54) is 0 Å². The molecule has 0 aromatic heterocycles. The van der Waals surface area contributed by atoms with Gasteiger partial charge in [0.1, 0.15) is 0 Å². The van der Waals surface area contributed by atoms with Crippen molar-refractivity contribution in [2.24, 2.45) is 0 Å². The Morgan fingerprint density at radius 3 is 2.69 bits per heavy atom. The third-order valence-corrected chi connectivity index (χ3v) is 2.25. The lowest BCUT2D eigenvalue weighted by Crippen LogP contribution is -2.27. The molecule has 13 heavy (non-hydrogen) atoms. The van der Waals surface area contributed by atoms with Crippen molar-refractivity contribution in [3.05, 3.63) is 0 Å². The lowest BCUT2D eigenvalue weighted by atomic mass is 10.4. The average molecular weight is 204 g/mol. The molecule has 0 heterocycles. The fraction of sp³-hybridized carbons (Fsp3) is 0.889. The number of carbonyl (C=O) groups excluding carboxylic acids is 1. The second-order valence-corrected chi connectivity index (χ2v) is 4.24. The molecule has 0 atom stereocenters. The Hall–Kier alpha value is -0.220. The summed E-state index contributed by atoms with van der Waals surface area (Å²) in [5, 5.41) is 2.89. The number of hydrogen-bond acceptors (Lipinski definition) is 3. The summed E-state index contributed by atoms with van der Waals surface area (Å²) in [7, 11) is 4.07. The molecule has 0 saturated heterocycles. The van der Waals surface area contributed by atoms with Gasteiger partial charge in [0.05, 0.1) is 0 Å². The van der Waals surface area contributed by atoms with Gasteiger partial charge in [0.25, 0.3) is 0 Å². The first-order valence-electron chi connectivity index (χ1n) is 4.57. The fourth-order valence-electron chi connectivity index (χ4n) is 0.906. The second-order valence-electron chi connectivity index (χ2n) is 3.25. The van der Waals surface area contributed by atoms with E-state index in [1.807, 2.05) is 20.4 Å². The van der Waals surface area contributed by atoms with Crippen molar-refractivity contribution in [3.63, 3.8) is 0 Å². The van der Waals surface area contributed by atoms with Gasteiger partial charge in [-0.2, -0.15) is 11.8 Å². The van der Waals surface area contributed by atoms with Crippen LogP contribution in [0.5, 0.6) is 0 Å². The van der Waals surface area contributed by atoms with Gasteiger partial charge in [-0.15, -0.1) is 0 Å². The topological polar surface area (TPSA) is 32.3 Å². The zero-order chi connectivity index (χ0) is 10.1. The highest BCUT2D eigenvalue weighted by molar-refractivity contribution is 7.98. The summed E-state index contributed by atoms with van der Waals surface area (Å²) >= 11 is 1.70. The number of hydrogen-bond donors (Lipinski definition) is 1. The maximum absolute atomic E-state index is 11.1. The van der Waals surface area contributed by atoms with Crippen LogP contribution in [0.15, 0.2) is 0 Å². The Balaban J connectivity index is 3.17. The van der Waals surface area contributed by atoms with E-state index in [4.69, 9.17) is 0 Å². The van der Waals surface area contributed by atoms with Crippen molar-refractivity contribution in [3.8, 4) is 0 Å². The Morgan fingerprint density at radius 1 is 1.46 bits per heavy atom. The Kier molecular flexibility index (Phi) is 8.24. The van der Waals surface area contributed by atoms with E-state index in [1.54, 1.807) is 11.8 Å². The van der Waals surface area contributed by atoms with Gasteiger partial charge < -0.3 is 10.2 Å². The van der Waals surface area contributed by atoms with E-state index in [0.717, 1.165) is 25.3 Å². The molecule has 78 valence electrons. The van der Waals surface area contributed by atoms with Crippen molar-refractivity contribution in [2.45, 2.75) is 12.8 Å². The summed E-state index contributed by atoms with van der Waals surface area (Å²) in [6.45, 7) is 1.83. The molecule has 0 aromatic rings. The summed E-state index contributed by atoms with van der Waals surface area (Å²) in [6, 6.07) is 0. The van der Waals surface area contributed by atoms with Crippen molar-refractivity contribution < 1.29 is 4.79 Å². The Morgan fingerprint density at radius 2 is 2.15 bits per heavy atom. The van der Waals surface area contributed by atoms with Gasteiger partial charge in [-0.05, 0) is 33.3 Å². The second kappa shape index (κ2) is 8.38. The standard InChI is InChI=1S/C9H20N2OS/c1-11(2)7-4-6-10-9(12)5-8-13-3/h4-8H2,1-3H3,(H,10,12). The van der Waals surface area contributed by atoms with Crippen LogP contribution in [0.4, 0.5) is 0 Å². The summed E-state index contributed by atoms with van der Waals surface area (Å²) in [5.74, 6) is 1.09. The van der Waals surface area contributed by atoms with Crippen LogP contribution >= 0.6 is 11.8 Å². The highest BCUT2D eigenvalue weighted by Gasteiger charge is 1.98. The first kappa shape index (κ1) is 12.8. The summed E-state index contributed by atoms with van der Waals surface area (Å²) in [6.07, 6.45) is 3.68. The average Bonchev–Trinajstić information content (AvgIpc) is 2.08. The van der Waals surface area contributed by atoms with Crippen molar-refractivity contribution in [2.75, 3.05) is 39.2 Å². The van der Waals surface area contributed by atoms with Crippen LogP contribution < -0.4 is 5.32 Å². The maximum Gasteiger partial charge on any atom is 0.220 e. The zero-order valence-electron chi connectivity index (χ0n) is 8.80. The first-order valence-corrected chi connectivity index (χ1v) is 5.96. The Bertz CT molecular complexity index is 140. The SMILES string of the molecule is CSCCC(=O)NCCCN(C)C. The molecule has 0 fully saturated rings. The lowest BCUT2D eigenvalue weighted by molar-refractivity contribution is -0.120. The molecule has 1 amide bonds. The Labute approximate surface area is 85.3 Å². The summed E-state index contributed by atoms with van der Waals surface area (Å²) in [5.41, 5.74) is 0. The summed E-state index contributed by atoms with van der Waals surface area (Å²) in [4.78, 5) is 13.2. The molecule has 0 saturated carbocycles. The van der Waals surface area contributed by atoms with Gasteiger partial charge in [0.2, 0.25) is 5.91 Å². The van der Waals surface area contributed by atoms with Crippen LogP contribution in [0.25, 0.3) is 0 Å². The van der Waals surface area contributed by atoms with Gasteiger partial charge in [-0.25, -0.2) is 0 Å². The third kappa shape index (κ3) is 9.70. The molecule has 0 unspecified atom stereocenters. The van der Waals surface area contributed by atoms with E-state index in [-0.39, 0.29) is 5.91 Å². The number of thioether (sulfide) groups is 1. The van der Waals surface area contributed by atoms with Gasteiger partial charge in [0, 0.05) is 18.7 Å². The van der Waals surface area contributed by atoms with Crippen LogP contribution in [0.3, 0.4) is 0 Å². The van der Waals surface area contributed by atoms with Crippen LogP contribution in [0.1, 0.15) is 12.8 Å². The van der Waals surface area contributed by atoms with Gasteiger partial charge >= 0.3 is 0 Å². The van der Waals surface area contributed by atoms with Gasteiger partial charge in [-0.1, -0.05) is 0 Å². The van der Waals surface area contributed by atoms with E-state index in [2.05, 4.69) is 10.2 Å². The van der Waals surface area contributed by atoms with Crippen LogP contribution in [-0.4, -0.2) is 50.0 Å². The minimum atomic E-state index is 0.174. The highest BCUT2D eigenvalue weighted by atomic mass is 32.2. The molecule has 3 nitrogen and oxygen atoms in total. The molecular formula is C9H20N2OS. The zero-order valence-corrected chi connectivity index (χ0v) is 9.62. The van der Waals surface area contributed by atoms with Crippen LogP contribution in [0, 0.1) is 0 Å². The van der Waals surface area contributed by atoms with E-state index in [0.29, 0.717) is 6.42 Å². The normalized spacial score (nSPS) is 10.5. The molecule has 1 N–H and O–H groups in total. The number of amides is 1. The van der Waals surface area contributed by atoms with Crippen LogP contribution in [-0.2, 0) is 4.79 Å². The van der Waals surface area contributed by atoms with E-state index < -0.39 is 0 Å². The fourth-order valence-corrected chi connectivity index (χ4v) is 1.30. The maximum atomic E-state index is 11.1. The highest BCUT2D eigenvalue weighted by Crippen LogP contribution is 1.94. The smallest absolute Gasteiger partial charge is 0.220 e. The molecule has 4 heteroatoms. The number of carbonyl (C=O) groups is 1. The lowest BCUT2D eigenvalue weighted by Gasteiger charge is -2.09. The van der Waals surface area contributed by atoms with Crippen molar-refractivity contribution in [1.82, 2.24) is 10.2 Å². The third-order valence-electron chi connectivity index (χ3n) is 1.64. The number of nitrogens with one attached hydrogen (secondary N) is 1. The molecule has 0 bridgehead atoms. The number of rotatable bonds is 7. The quantitative estimate of drug-likeness (QED) is 0.623. The van der Waals surface area contributed by atoms with Crippen molar-refractivity contribution >= 4 is 17.7 Å². The minimum Gasteiger partial charge on any atom is -0.356 e. The van der Waals surface area contributed by atoms with Gasteiger partial charge in [0.15, 0.2) is 0 Å². The van der Waals surface area contributed by atoms with Crippen LogP contribution in [0.2, 0.25) is 0 Å². The predicted octanol–water partition coefficient (Wildman–Crippen LogP) is 0.807. The molecule has 0 rings (SSSR count). The molecule has 0 aliphatic rings. The first-order chi connectivity index (χ1) is 6.16. The number of nitrogens with zero attached hydrogens (tertiary/aromatic N) is 1. The summed E-state index contributed by atoms with van der Waals surface area (Å²) < 4.78 is 0. The van der Waals surface area contributed by atoms with Crippen molar-refractivity contribution in [1.29, 1.82) is 0 Å².